The Balaban J connectivity index is 2.45. The summed E-state index contributed by atoms with van der Waals surface area (Å²) in [5, 5.41) is 0. The summed E-state index contributed by atoms with van der Waals surface area (Å²) in [5.41, 5.74) is 5.54. The molecule has 0 fully saturated rings. The Hall–Kier alpha value is -1.33. The zero-order valence-corrected chi connectivity index (χ0v) is 12.4. The molecule has 0 aromatic heterocycles. The highest BCUT2D eigenvalue weighted by Gasteiger charge is 2.06. The molecule has 0 aliphatic carbocycles. The minimum atomic E-state index is 0.511. The number of ether oxygens (including phenoxy) is 2. The normalized spacial score (nSPS) is 10.5. The number of thiocarbonyl (C=S) groups is 1. The van der Waals surface area contributed by atoms with Crippen molar-refractivity contribution in [3.63, 3.8) is 0 Å². The van der Waals surface area contributed by atoms with Crippen molar-refractivity contribution in [2.45, 2.75) is 13.8 Å². The number of para-hydroxylation sites is 2. The van der Waals surface area contributed by atoms with Gasteiger partial charge in [0.05, 0.1) is 11.6 Å². The summed E-state index contributed by atoms with van der Waals surface area (Å²) < 4.78 is 11.3. The summed E-state index contributed by atoms with van der Waals surface area (Å²) in [4.78, 5) is 2.66. The molecule has 0 spiro atoms. The lowest BCUT2D eigenvalue weighted by Crippen LogP contribution is -2.35. The number of hydrogen-bond donors (Lipinski definition) is 1. The maximum absolute atomic E-state index is 5.75. The fraction of sp³-hybridized carbons (Fsp3) is 0.500. The lowest BCUT2D eigenvalue weighted by molar-refractivity contribution is 0.223. The summed E-state index contributed by atoms with van der Waals surface area (Å²) in [6.07, 6.45) is 0. The van der Waals surface area contributed by atoms with Gasteiger partial charge in [-0.2, -0.15) is 0 Å². The molecular weight excluding hydrogens is 260 g/mol. The Bertz CT molecular complexity index is 399. The van der Waals surface area contributed by atoms with E-state index in [-0.39, 0.29) is 0 Å². The first-order chi connectivity index (χ1) is 9.17. The van der Waals surface area contributed by atoms with Crippen molar-refractivity contribution < 1.29 is 9.47 Å². The van der Waals surface area contributed by atoms with Gasteiger partial charge in [-0.1, -0.05) is 31.3 Å². The Labute approximate surface area is 120 Å². The fourth-order valence-corrected chi connectivity index (χ4v) is 1.88. The van der Waals surface area contributed by atoms with E-state index in [0.717, 1.165) is 24.6 Å². The number of rotatable bonds is 9. The van der Waals surface area contributed by atoms with Crippen LogP contribution < -0.4 is 15.2 Å². The molecule has 0 aliphatic heterocycles. The first-order valence-electron chi connectivity index (χ1n) is 6.52. The summed E-state index contributed by atoms with van der Waals surface area (Å²) in [7, 11) is 0. The average Bonchev–Trinajstić information content (AvgIpc) is 2.39. The molecule has 2 N–H and O–H groups in total. The van der Waals surface area contributed by atoms with Crippen LogP contribution >= 0.6 is 12.2 Å². The van der Waals surface area contributed by atoms with Crippen molar-refractivity contribution in [1.82, 2.24) is 4.90 Å². The third-order valence-corrected chi connectivity index (χ3v) is 2.77. The molecule has 0 aliphatic rings. The van der Waals surface area contributed by atoms with E-state index in [0.29, 0.717) is 24.7 Å². The summed E-state index contributed by atoms with van der Waals surface area (Å²) in [5.74, 6) is 1.55. The molecule has 0 unspecified atom stereocenters. The molecule has 0 saturated carbocycles. The van der Waals surface area contributed by atoms with E-state index >= 15 is 0 Å². The molecule has 19 heavy (non-hydrogen) atoms. The molecule has 0 atom stereocenters. The number of likely N-dealkylation sites (N-methyl/N-ethyl adjacent to an activating group) is 1. The molecule has 1 rings (SSSR count). The van der Waals surface area contributed by atoms with Gasteiger partial charge in [-0.25, -0.2) is 0 Å². The van der Waals surface area contributed by atoms with Crippen LogP contribution in [0.25, 0.3) is 0 Å². The van der Waals surface area contributed by atoms with E-state index in [1.165, 1.54) is 0 Å². The molecular formula is C14H22N2O2S. The number of nitrogens with two attached hydrogens (primary N) is 1. The number of hydrogen-bond acceptors (Lipinski definition) is 4. The molecule has 106 valence electrons. The quantitative estimate of drug-likeness (QED) is 0.703. The van der Waals surface area contributed by atoms with Gasteiger partial charge in [0.25, 0.3) is 0 Å². The fourth-order valence-electron chi connectivity index (χ4n) is 1.70. The van der Waals surface area contributed by atoms with Crippen molar-refractivity contribution in [2.75, 3.05) is 32.8 Å². The van der Waals surface area contributed by atoms with Crippen LogP contribution in [-0.2, 0) is 0 Å². The minimum absolute atomic E-state index is 0.511. The Morgan fingerprint density at radius 1 is 1.21 bits per heavy atom. The standard InChI is InChI=1S/C14H22N2O2S/c1-3-16(11-14(15)19)9-10-18-13-8-6-5-7-12(13)17-4-2/h5-8H,3-4,9-11H2,1-2H3,(H2,15,19). The molecule has 1 aromatic rings. The maximum Gasteiger partial charge on any atom is 0.161 e. The topological polar surface area (TPSA) is 47.7 Å². The predicted molar refractivity (Wildman–Crippen MR) is 82.0 cm³/mol. The Morgan fingerprint density at radius 3 is 2.37 bits per heavy atom. The molecule has 0 heterocycles. The molecule has 4 nitrogen and oxygen atoms in total. The lowest BCUT2D eigenvalue weighted by atomic mass is 10.3. The molecule has 1 aromatic carbocycles. The summed E-state index contributed by atoms with van der Waals surface area (Å²) >= 11 is 4.91. The van der Waals surface area contributed by atoms with Gasteiger partial charge in [-0.05, 0) is 25.6 Å². The van der Waals surface area contributed by atoms with E-state index in [1.807, 2.05) is 31.2 Å². The maximum atomic E-state index is 5.75. The predicted octanol–water partition coefficient (Wildman–Crippen LogP) is 2.07. The van der Waals surface area contributed by atoms with Gasteiger partial charge in [0.1, 0.15) is 6.61 Å². The van der Waals surface area contributed by atoms with Crippen LogP contribution in [0.4, 0.5) is 0 Å². The van der Waals surface area contributed by atoms with Crippen molar-refractivity contribution in [3.8, 4) is 11.5 Å². The summed E-state index contributed by atoms with van der Waals surface area (Å²) in [6, 6.07) is 7.69. The van der Waals surface area contributed by atoms with Crippen LogP contribution in [0.1, 0.15) is 13.8 Å². The van der Waals surface area contributed by atoms with Crippen LogP contribution in [0.3, 0.4) is 0 Å². The largest absolute Gasteiger partial charge is 0.490 e. The Morgan fingerprint density at radius 2 is 1.84 bits per heavy atom. The number of nitrogens with zero attached hydrogens (tertiary/aromatic N) is 1. The SMILES string of the molecule is CCOc1ccccc1OCCN(CC)CC(N)=S. The van der Waals surface area contributed by atoms with Crippen LogP contribution in [0.15, 0.2) is 24.3 Å². The first kappa shape index (κ1) is 15.7. The van der Waals surface area contributed by atoms with E-state index < -0.39 is 0 Å². The summed E-state index contributed by atoms with van der Waals surface area (Å²) in [6.45, 7) is 7.55. The molecule has 0 saturated heterocycles. The second kappa shape index (κ2) is 8.72. The third-order valence-electron chi connectivity index (χ3n) is 2.64. The zero-order chi connectivity index (χ0) is 14.1. The zero-order valence-electron chi connectivity index (χ0n) is 11.6. The number of benzene rings is 1. The molecule has 0 bridgehead atoms. The van der Waals surface area contributed by atoms with Crippen molar-refractivity contribution in [2.24, 2.45) is 5.73 Å². The highest BCUT2D eigenvalue weighted by atomic mass is 32.1. The van der Waals surface area contributed by atoms with Crippen LogP contribution in [0.5, 0.6) is 11.5 Å². The van der Waals surface area contributed by atoms with Crippen LogP contribution in [0, 0.1) is 0 Å². The van der Waals surface area contributed by atoms with Gasteiger partial charge in [0.15, 0.2) is 11.5 Å². The van der Waals surface area contributed by atoms with Gasteiger partial charge in [-0.3, -0.25) is 4.90 Å². The highest BCUT2D eigenvalue weighted by molar-refractivity contribution is 7.80. The van der Waals surface area contributed by atoms with Gasteiger partial charge in [-0.15, -0.1) is 0 Å². The van der Waals surface area contributed by atoms with E-state index in [9.17, 15) is 0 Å². The first-order valence-corrected chi connectivity index (χ1v) is 6.93. The second-order valence-corrected chi connectivity index (χ2v) is 4.59. The molecule has 0 amide bonds. The Kier molecular flexibility index (Phi) is 7.22. The van der Waals surface area contributed by atoms with E-state index in [4.69, 9.17) is 27.4 Å². The van der Waals surface area contributed by atoms with E-state index in [1.54, 1.807) is 0 Å². The van der Waals surface area contributed by atoms with Crippen molar-refractivity contribution >= 4 is 17.2 Å². The lowest BCUT2D eigenvalue weighted by Gasteiger charge is -2.20. The van der Waals surface area contributed by atoms with Crippen LogP contribution in [0.2, 0.25) is 0 Å². The second-order valence-electron chi connectivity index (χ2n) is 4.06. The molecule has 5 heteroatoms. The van der Waals surface area contributed by atoms with Gasteiger partial charge < -0.3 is 15.2 Å². The average molecular weight is 282 g/mol. The van der Waals surface area contributed by atoms with Gasteiger partial charge in [0, 0.05) is 13.1 Å². The third kappa shape index (κ3) is 5.89. The highest BCUT2D eigenvalue weighted by Crippen LogP contribution is 2.26. The smallest absolute Gasteiger partial charge is 0.161 e. The van der Waals surface area contributed by atoms with Gasteiger partial charge in [0.2, 0.25) is 0 Å². The van der Waals surface area contributed by atoms with Crippen LogP contribution in [-0.4, -0.2) is 42.7 Å². The molecule has 0 radical (unpaired) electrons. The minimum Gasteiger partial charge on any atom is -0.490 e. The van der Waals surface area contributed by atoms with Crippen molar-refractivity contribution in [3.05, 3.63) is 24.3 Å². The van der Waals surface area contributed by atoms with Crippen molar-refractivity contribution in [1.29, 1.82) is 0 Å². The monoisotopic (exact) mass is 282 g/mol. The van der Waals surface area contributed by atoms with Gasteiger partial charge >= 0.3 is 0 Å². The van der Waals surface area contributed by atoms with E-state index in [2.05, 4.69) is 11.8 Å².